The lowest BCUT2D eigenvalue weighted by molar-refractivity contribution is -0.113. The largest absolute Gasteiger partial charge is 0.300 e. The van der Waals surface area contributed by atoms with E-state index in [9.17, 15) is 4.79 Å². The summed E-state index contributed by atoms with van der Waals surface area (Å²) in [6.45, 7) is 2.02. The van der Waals surface area contributed by atoms with Gasteiger partial charge in [0.05, 0.1) is 5.75 Å². The summed E-state index contributed by atoms with van der Waals surface area (Å²) in [5.74, 6) is 0.218. The van der Waals surface area contributed by atoms with Gasteiger partial charge in [0, 0.05) is 10.3 Å². The smallest absolute Gasteiger partial charge is 0.236 e. The molecule has 0 fully saturated rings. The number of thiophene rings is 1. The van der Waals surface area contributed by atoms with E-state index < -0.39 is 0 Å². The molecule has 0 atom stereocenters. The number of thioether (sulfide) groups is 1. The zero-order chi connectivity index (χ0) is 16.5. The summed E-state index contributed by atoms with van der Waals surface area (Å²) < 4.78 is 0. The summed E-state index contributed by atoms with van der Waals surface area (Å²) >= 11 is 4.64. The molecule has 3 aromatic heterocycles. The van der Waals surface area contributed by atoms with Crippen LogP contribution in [0.2, 0.25) is 0 Å². The summed E-state index contributed by atoms with van der Waals surface area (Å²) in [5, 5.41) is 14.3. The van der Waals surface area contributed by atoms with Crippen molar-refractivity contribution in [3.63, 3.8) is 0 Å². The molecule has 1 aliphatic carbocycles. The van der Waals surface area contributed by atoms with Crippen LogP contribution in [0.15, 0.2) is 11.4 Å². The molecule has 0 saturated carbocycles. The van der Waals surface area contributed by atoms with E-state index in [0.717, 1.165) is 39.5 Å². The van der Waals surface area contributed by atoms with Crippen molar-refractivity contribution < 1.29 is 4.79 Å². The second-order valence-corrected chi connectivity index (χ2v) is 8.52. The van der Waals surface area contributed by atoms with Crippen LogP contribution in [0.4, 0.5) is 5.13 Å². The predicted octanol–water partition coefficient (Wildman–Crippen LogP) is 3.32. The predicted molar refractivity (Wildman–Crippen MR) is 98.1 cm³/mol. The molecule has 1 N–H and O–H groups in total. The molecule has 1 aliphatic rings. The SMILES string of the molecule is CCc1nnc(NC(=O)CSc2ncnc3sc4c(c23)CCC4)s1. The fourth-order valence-electron chi connectivity index (χ4n) is 2.75. The molecule has 0 aliphatic heterocycles. The number of hydrogen-bond acceptors (Lipinski definition) is 8. The van der Waals surface area contributed by atoms with Gasteiger partial charge in [0.1, 0.15) is 21.2 Å². The minimum absolute atomic E-state index is 0.0857. The Hall–Kier alpha value is -1.58. The van der Waals surface area contributed by atoms with Crippen LogP contribution in [-0.4, -0.2) is 31.8 Å². The molecule has 1 amide bonds. The van der Waals surface area contributed by atoms with Crippen molar-refractivity contribution in [1.29, 1.82) is 0 Å². The molecule has 6 nitrogen and oxygen atoms in total. The zero-order valence-corrected chi connectivity index (χ0v) is 15.5. The van der Waals surface area contributed by atoms with Crippen molar-refractivity contribution in [3.05, 3.63) is 21.8 Å². The number of rotatable bonds is 5. The van der Waals surface area contributed by atoms with Crippen molar-refractivity contribution >= 4 is 55.7 Å². The Morgan fingerprint density at radius 2 is 2.21 bits per heavy atom. The van der Waals surface area contributed by atoms with Gasteiger partial charge in [0.2, 0.25) is 11.0 Å². The molecule has 24 heavy (non-hydrogen) atoms. The zero-order valence-electron chi connectivity index (χ0n) is 13.0. The van der Waals surface area contributed by atoms with Crippen LogP contribution in [0.1, 0.15) is 28.8 Å². The molecule has 0 saturated heterocycles. The molecule has 3 aromatic rings. The first-order valence-electron chi connectivity index (χ1n) is 7.75. The number of aromatic nitrogens is 4. The highest BCUT2D eigenvalue weighted by atomic mass is 32.2. The molecular weight excluding hydrogens is 362 g/mol. The number of nitrogens with one attached hydrogen (secondary N) is 1. The lowest BCUT2D eigenvalue weighted by Crippen LogP contribution is -2.14. The standard InChI is InChI=1S/C15H15N5OS3/c1-2-11-19-20-15(24-11)18-10(21)6-22-13-12-8-4-3-5-9(8)23-14(12)17-7-16-13/h7H,2-6H2,1H3,(H,18,20,21). The van der Waals surface area contributed by atoms with Gasteiger partial charge in [-0.15, -0.1) is 21.5 Å². The van der Waals surface area contributed by atoms with Crippen LogP contribution < -0.4 is 5.32 Å². The second-order valence-electron chi connectivity index (χ2n) is 5.41. The first-order chi connectivity index (χ1) is 11.7. The van der Waals surface area contributed by atoms with E-state index in [1.165, 1.54) is 40.0 Å². The molecule has 0 radical (unpaired) electrons. The number of fused-ring (bicyclic) bond motifs is 3. The Kier molecular flexibility index (Phi) is 4.47. The summed E-state index contributed by atoms with van der Waals surface area (Å²) in [6, 6.07) is 0. The summed E-state index contributed by atoms with van der Waals surface area (Å²) in [7, 11) is 0. The molecule has 0 aromatic carbocycles. The van der Waals surface area contributed by atoms with Gasteiger partial charge >= 0.3 is 0 Å². The quantitative estimate of drug-likeness (QED) is 0.543. The average molecular weight is 378 g/mol. The summed E-state index contributed by atoms with van der Waals surface area (Å²) in [6.07, 6.45) is 5.84. The van der Waals surface area contributed by atoms with Gasteiger partial charge in [-0.2, -0.15) is 0 Å². The Balaban J connectivity index is 1.47. The molecular formula is C15H15N5OS3. The minimum atomic E-state index is -0.0857. The third-order valence-corrected chi connectivity index (χ3v) is 6.99. The molecule has 9 heteroatoms. The fourth-order valence-corrected chi connectivity index (χ4v) is 5.56. The average Bonchev–Trinajstić information content (AvgIpc) is 3.27. The summed E-state index contributed by atoms with van der Waals surface area (Å²) in [5.41, 5.74) is 1.38. The first-order valence-corrected chi connectivity index (χ1v) is 10.4. The molecule has 0 unspecified atom stereocenters. The van der Waals surface area contributed by atoms with E-state index in [2.05, 4.69) is 25.5 Å². The molecule has 124 valence electrons. The van der Waals surface area contributed by atoms with E-state index in [-0.39, 0.29) is 5.91 Å². The highest BCUT2D eigenvalue weighted by molar-refractivity contribution is 8.00. The van der Waals surface area contributed by atoms with E-state index in [1.807, 2.05) is 6.92 Å². The maximum atomic E-state index is 12.2. The molecule has 0 bridgehead atoms. The third-order valence-electron chi connectivity index (χ3n) is 3.82. The van der Waals surface area contributed by atoms with Gasteiger partial charge in [-0.3, -0.25) is 10.1 Å². The highest BCUT2D eigenvalue weighted by Crippen LogP contribution is 2.39. The number of nitrogens with zero attached hydrogens (tertiary/aromatic N) is 4. The fraction of sp³-hybridized carbons (Fsp3) is 0.400. The number of hydrogen-bond donors (Lipinski definition) is 1. The third kappa shape index (κ3) is 3.03. The van der Waals surface area contributed by atoms with Gasteiger partial charge in [-0.25, -0.2) is 9.97 Å². The Labute approximate surface area is 151 Å². The molecule has 4 rings (SSSR count). The number of anilines is 1. The maximum Gasteiger partial charge on any atom is 0.236 e. The Morgan fingerprint density at radius 1 is 1.29 bits per heavy atom. The van der Waals surface area contributed by atoms with Crippen LogP contribution >= 0.6 is 34.4 Å². The van der Waals surface area contributed by atoms with Gasteiger partial charge in [0.15, 0.2) is 0 Å². The van der Waals surface area contributed by atoms with Crippen molar-refractivity contribution in [2.75, 3.05) is 11.1 Å². The van der Waals surface area contributed by atoms with Crippen LogP contribution in [0.3, 0.4) is 0 Å². The second kappa shape index (κ2) is 6.73. The lowest BCUT2D eigenvalue weighted by Gasteiger charge is -2.03. The number of carbonyl (C=O) groups is 1. The summed E-state index contributed by atoms with van der Waals surface area (Å²) in [4.78, 5) is 23.4. The van der Waals surface area contributed by atoms with Crippen LogP contribution in [-0.2, 0) is 24.1 Å². The van der Waals surface area contributed by atoms with E-state index >= 15 is 0 Å². The normalized spacial score (nSPS) is 13.4. The van der Waals surface area contributed by atoms with Crippen molar-refractivity contribution in [3.8, 4) is 0 Å². The Morgan fingerprint density at radius 3 is 3.04 bits per heavy atom. The van der Waals surface area contributed by atoms with Gasteiger partial charge in [0.25, 0.3) is 0 Å². The Bertz CT molecular complexity index is 904. The monoisotopic (exact) mass is 377 g/mol. The minimum Gasteiger partial charge on any atom is -0.300 e. The highest BCUT2D eigenvalue weighted by Gasteiger charge is 2.21. The van der Waals surface area contributed by atoms with Gasteiger partial charge in [-0.1, -0.05) is 30.0 Å². The van der Waals surface area contributed by atoms with Gasteiger partial charge in [-0.05, 0) is 31.2 Å². The van der Waals surface area contributed by atoms with E-state index in [1.54, 1.807) is 17.7 Å². The van der Waals surface area contributed by atoms with Crippen molar-refractivity contribution in [1.82, 2.24) is 20.2 Å². The number of carbonyl (C=O) groups excluding carboxylic acids is 1. The van der Waals surface area contributed by atoms with E-state index in [0.29, 0.717) is 10.9 Å². The van der Waals surface area contributed by atoms with Crippen molar-refractivity contribution in [2.24, 2.45) is 0 Å². The number of aryl methyl sites for hydroxylation is 3. The van der Waals surface area contributed by atoms with Crippen LogP contribution in [0.25, 0.3) is 10.2 Å². The number of amides is 1. The van der Waals surface area contributed by atoms with Crippen LogP contribution in [0, 0.1) is 0 Å². The lowest BCUT2D eigenvalue weighted by atomic mass is 10.2. The van der Waals surface area contributed by atoms with Gasteiger partial charge < -0.3 is 0 Å². The molecule has 0 spiro atoms. The maximum absolute atomic E-state index is 12.2. The van der Waals surface area contributed by atoms with Crippen LogP contribution in [0.5, 0.6) is 0 Å². The first kappa shape index (κ1) is 15.9. The topological polar surface area (TPSA) is 80.7 Å². The molecule has 3 heterocycles. The van der Waals surface area contributed by atoms with Crippen molar-refractivity contribution in [2.45, 2.75) is 37.6 Å². The van der Waals surface area contributed by atoms with E-state index in [4.69, 9.17) is 0 Å².